The van der Waals surface area contributed by atoms with E-state index in [-0.39, 0.29) is 0 Å². The Morgan fingerprint density at radius 1 is 1.19 bits per heavy atom. The van der Waals surface area contributed by atoms with Crippen LogP contribution in [0.5, 0.6) is 0 Å². The maximum Gasteiger partial charge on any atom is 0.230 e. The highest BCUT2D eigenvalue weighted by atomic mass is 16.4. The van der Waals surface area contributed by atoms with E-state index in [1.165, 1.54) is 32.1 Å². The summed E-state index contributed by atoms with van der Waals surface area (Å²) in [6.07, 6.45) is 9.45. The summed E-state index contributed by atoms with van der Waals surface area (Å²) >= 11 is 0. The van der Waals surface area contributed by atoms with Crippen LogP contribution in [0.15, 0.2) is 17.1 Å². The Labute approximate surface area is 123 Å². The van der Waals surface area contributed by atoms with Gasteiger partial charge in [0.2, 0.25) is 11.8 Å². The molecule has 2 fully saturated rings. The fourth-order valence-electron chi connectivity index (χ4n) is 3.02. The molecule has 0 bridgehead atoms. The van der Waals surface area contributed by atoms with Crippen LogP contribution in [0.3, 0.4) is 0 Å². The normalized spacial score (nSPS) is 23.5. The zero-order chi connectivity index (χ0) is 14.1. The van der Waals surface area contributed by atoms with Gasteiger partial charge >= 0.3 is 0 Å². The van der Waals surface area contributed by atoms with E-state index in [4.69, 9.17) is 4.42 Å². The first-order valence-electron chi connectivity index (χ1n) is 7.77. The number of likely N-dealkylation sites (tertiary alicyclic amines) is 1. The molecule has 1 saturated carbocycles. The molecule has 0 aromatic carbocycles. The fraction of sp³-hybridized carbons (Fsp3) is 0.714. The lowest BCUT2D eigenvalue weighted by Gasteiger charge is -2.34. The Hall–Kier alpha value is -1.76. The largest absolute Gasteiger partial charge is 0.424 e. The summed E-state index contributed by atoms with van der Waals surface area (Å²) in [5.41, 5.74) is 0. The second kappa shape index (κ2) is 5.55. The topological polar surface area (TPSA) is 72.9 Å². The molecule has 0 radical (unpaired) electrons. The lowest BCUT2D eigenvalue weighted by molar-refractivity contribution is 0.110. The highest BCUT2D eigenvalue weighted by Crippen LogP contribution is 2.39. The van der Waals surface area contributed by atoms with Gasteiger partial charge in [0.05, 0.1) is 13.1 Å². The quantitative estimate of drug-likeness (QED) is 0.832. The zero-order valence-electron chi connectivity index (χ0n) is 12.1. The lowest BCUT2D eigenvalue weighted by atomic mass is 10.0. The molecule has 3 heterocycles. The summed E-state index contributed by atoms with van der Waals surface area (Å²) in [4.78, 5) is 6.46. The van der Waals surface area contributed by atoms with Crippen molar-refractivity contribution in [2.45, 2.75) is 57.2 Å². The molecule has 7 nitrogen and oxygen atoms in total. The van der Waals surface area contributed by atoms with Crippen LogP contribution in [0.2, 0.25) is 0 Å². The molecular weight excluding hydrogens is 268 g/mol. The first-order chi connectivity index (χ1) is 10.4. The average Bonchev–Trinajstić information content (AvgIpc) is 3.03. The molecule has 4 rings (SSSR count). The first-order valence-corrected chi connectivity index (χ1v) is 7.77. The third kappa shape index (κ3) is 2.97. The Balaban J connectivity index is 1.42. The van der Waals surface area contributed by atoms with Crippen LogP contribution in [-0.4, -0.2) is 42.4 Å². The Morgan fingerprint density at radius 3 is 2.95 bits per heavy atom. The van der Waals surface area contributed by atoms with Gasteiger partial charge in [-0.3, -0.25) is 9.58 Å². The lowest BCUT2D eigenvalue weighted by Crippen LogP contribution is -2.41. The fourth-order valence-corrected chi connectivity index (χ4v) is 3.02. The second-order valence-electron chi connectivity index (χ2n) is 6.05. The van der Waals surface area contributed by atoms with Gasteiger partial charge in [-0.1, -0.05) is 6.42 Å². The smallest absolute Gasteiger partial charge is 0.230 e. The molecule has 0 spiro atoms. The van der Waals surface area contributed by atoms with Crippen molar-refractivity contribution in [3.63, 3.8) is 0 Å². The van der Waals surface area contributed by atoms with E-state index < -0.39 is 0 Å². The summed E-state index contributed by atoms with van der Waals surface area (Å²) < 4.78 is 7.70. The summed E-state index contributed by atoms with van der Waals surface area (Å²) in [7, 11) is 0. The monoisotopic (exact) mass is 288 g/mol. The predicted octanol–water partition coefficient (Wildman–Crippen LogP) is 1.59. The van der Waals surface area contributed by atoms with Gasteiger partial charge in [0, 0.05) is 12.0 Å². The number of nitrogens with zero attached hydrogens (tertiary/aromatic N) is 6. The van der Waals surface area contributed by atoms with E-state index in [0.29, 0.717) is 12.0 Å². The standard InChI is InChI=1S/C14H20N6O/c1-2-6-19(12(3-1)7-20-10-15-9-16-20)8-13-17-18-14(21-13)11-4-5-11/h9-12H,1-8H2/t12-/m1/s1. The summed E-state index contributed by atoms with van der Waals surface area (Å²) in [6.45, 7) is 2.71. The number of piperidine rings is 1. The molecule has 112 valence electrons. The van der Waals surface area contributed by atoms with Crippen molar-refractivity contribution in [1.82, 2.24) is 29.9 Å². The summed E-state index contributed by atoms with van der Waals surface area (Å²) in [6, 6.07) is 0.469. The average molecular weight is 288 g/mol. The van der Waals surface area contributed by atoms with Gasteiger partial charge in [0.1, 0.15) is 12.7 Å². The van der Waals surface area contributed by atoms with Crippen LogP contribution < -0.4 is 0 Å². The van der Waals surface area contributed by atoms with Gasteiger partial charge in [-0.25, -0.2) is 4.98 Å². The van der Waals surface area contributed by atoms with Gasteiger partial charge in [0.25, 0.3) is 0 Å². The molecular formula is C14H20N6O. The SMILES string of the molecule is c1ncn(C[C@H]2CCCCN2Cc2nnc(C3CC3)o2)n1. The van der Waals surface area contributed by atoms with E-state index in [2.05, 4.69) is 25.2 Å². The molecule has 1 saturated heterocycles. The molecule has 21 heavy (non-hydrogen) atoms. The van der Waals surface area contributed by atoms with Gasteiger partial charge < -0.3 is 4.42 Å². The minimum Gasteiger partial charge on any atom is -0.424 e. The van der Waals surface area contributed by atoms with E-state index in [1.807, 2.05) is 4.68 Å². The van der Waals surface area contributed by atoms with Crippen molar-refractivity contribution < 1.29 is 4.42 Å². The minimum absolute atomic E-state index is 0.469. The van der Waals surface area contributed by atoms with E-state index in [1.54, 1.807) is 12.7 Å². The zero-order valence-corrected chi connectivity index (χ0v) is 12.1. The highest BCUT2D eigenvalue weighted by molar-refractivity contribution is 5.00. The molecule has 1 aliphatic heterocycles. The maximum atomic E-state index is 5.80. The van der Waals surface area contributed by atoms with Crippen molar-refractivity contribution >= 4 is 0 Å². The van der Waals surface area contributed by atoms with Crippen molar-refractivity contribution in [1.29, 1.82) is 0 Å². The Morgan fingerprint density at radius 2 is 2.14 bits per heavy atom. The van der Waals surface area contributed by atoms with E-state index in [0.717, 1.165) is 31.4 Å². The van der Waals surface area contributed by atoms with E-state index in [9.17, 15) is 0 Å². The van der Waals surface area contributed by atoms with Crippen LogP contribution in [0.1, 0.15) is 49.8 Å². The van der Waals surface area contributed by atoms with E-state index >= 15 is 0 Å². The van der Waals surface area contributed by atoms with Crippen molar-refractivity contribution in [2.24, 2.45) is 0 Å². The molecule has 2 aromatic rings. The molecule has 2 aromatic heterocycles. The minimum atomic E-state index is 0.469. The van der Waals surface area contributed by atoms with Crippen LogP contribution in [0.4, 0.5) is 0 Å². The number of aromatic nitrogens is 5. The molecule has 1 atom stereocenters. The third-order valence-electron chi connectivity index (χ3n) is 4.36. The predicted molar refractivity (Wildman–Crippen MR) is 74.3 cm³/mol. The Kier molecular flexibility index (Phi) is 3.42. The van der Waals surface area contributed by atoms with Gasteiger partial charge in [0.15, 0.2) is 0 Å². The Bertz CT molecular complexity index is 576. The molecule has 7 heteroatoms. The number of hydrogen-bond donors (Lipinski definition) is 0. The third-order valence-corrected chi connectivity index (χ3v) is 4.36. The van der Waals surface area contributed by atoms with Gasteiger partial charge in [-0.2, -0.15) is 5.10 Å². The van der Waals surface area contributed by atoms with Gasteiger partial charge in [-0.15, -0.1) is 10.2 Å². The van der Waals surface area contributed by atoms with Crippen LogP contribution in [0, 0.1) is 0 Å². The number of hydrogen-bond acceptors (Lipinski definition) is 6. The maximum absolute atomic E-state index is 5.80. The summed E-state index contributed by atoms with van der Waals surface area (Å²) in [5, 5.41) is 12.6. The molecule has 0 unspecified atom stereocenters. The van der Waals surface area contributed by atoms with Crippen LogP contribution in [0.25, 0.3) is 0 Å². The molecule has 0 N–H and O–H groups in total. The molecule has 1 aliphatic carbocycles. The van der Waals surface area contributed by atoms with Crippen molar-refractivity contribution in [3.8, 4) is 0 Å². The summed E-state index contributed by atoms with van der Waals surface area (Å²) in [5.74, 6) is 2.11. The second-order valence-corrected chi connectivity index (χ2v) is 6.05. The van der Waals surface area contributed by atoms with Crippen LogP contribution >= 0.6 is 0 Å². The number of rotatable bonds is 5. The molecule has 2 aliphatic rings. The van der Waals surface area contributed by atoms with Crippen molar-refractivity contribution in [3.05, 3.63) is 24.4 Å². The highest BCUT2D eigenvalue weighted by Gasteiger charge is 2.30. The van der Waals surface area contributed by atoms with Crippen molar-refractivity contribution in [2.75, 3.05) is 6.54 Å². The van der Waals surface area contributed by atoms with Gasteiger partial charge in [-0.05, 0) is 32.2 Å². The first kappa shape index (κ1) is 12.9. The van der Waals surface area contributed by atoms with Crippen LogP contribution in [-0.2, 0) is 13.1 Å². The molecule has 0 amide bonds.